The smallest absolute Gasteiger partial charge is 0.251 e. The summed E-state index contributed by atoms with van der Waals surface area (Å²) in [6.45, 7) is 1.25. The second kappa shape index (κ2) is 8.64. The van der Waals surface area contributed by atoms with Crippen LogP contribution in [-0.2, 0) is 4.79 Å². The van der Waals surface area contributed by atoms with E-state index >= 15 is 0 Å². The van der Waals surface area contributed by atoms with Crippen LogP contribution < -0.4 is 11.1 Å². The zero-order chi connectivity index (χ0) is 14.4. The van der Waals surface area contributed by atoms with Gasteiger partial charge >= 0.3 is 0 Å². The van der Waals surface area contributed by atoms with Crippen molar-refractivity contribution in [3.05, 3.63) is 35.9 Å². The standard InChI is InChI=1S/C15H21N3O2.ClH/c16-10-13-8-4-5-9-18(13)14(19)11-17-15(20)12-6-2-1-3-7-12;/h1-3,6-7,13H,4-5,8-11,16H2,(H,17,20);1H. The Morgan fingerprint density at radius 3 is 2.62 bits per heavy atom. The van der Waals surface area contributed by atoms with Crippen molar-refractivity contribution in [3.8, 4) is 0 Å². The topological polar surface area (TPSA) is 75.4 Å². The van der Waals surface area contributed by atoms with E-state index in [2.05, 4.69) is 5.32 Å². The molecular formula is C15H22ClN3O2. The predicted octanol–water partition coefficient (Wildman–Crippen LogP) is 1.18. The Balaban J connectivity index is 0.00000220. The highest BCUT2D eigenvalue weighted by Gasteiger charge is 2.25. The largest absolute Gasteiger partial charge is 0.343 e. The molecule has 1 aliphatic heterocycles. The third-order valence-electron chi connectivity index (χ3n) is 3.66. The minimum Gasteiger partial charge on any atom is -0.343 e. The number of piperidine rings is 1. The van der Waals surface area contributed by atoms with E-state index in [1.165, 1.54) is 0 Å². The molecule has 1 heterocycles. The van der Waals surface area contributed by atoms with Crippen LogP contribution >= 0.6 is 12.4 Å². The Labute approximate surface area is 131 Å². The van der Waals surface area contributed by atoms with Crippen molar-refractivity contribution in [2.45, 2.75) is 25.3 Å². The quantitative estimate of drug-likeness (QED) is 0.876. The zero-order valence-corrected chi connectivity index (χ0v) is 12.8. The molecule has 116 valence electrons. The van der Waals surface area contributed by atoms with Crippen LogP contribution in [0.5, 0.6) is 0 Å². The lowest BCUT2D eigenvalue weighted by Gasteiger charge is -2.35. The number of rotatable bonds is 4. The van der Waals surface area contributed by atoms with E-state index in [9.17, 15) is 9.59 Å². The van der Waals surface area contributed by atoms with Gasteiger partial charge in [0.2, 0.25) is 5.91 Å². The van der Waals surface area contributed by atoms with Gasteiger partial charge in [-0.3, -0.25) is 9.59 Å². The highest BCUT2D eigenvalue weighted by atomic mass is 35.5. The average molecular weight is 312 g/mol. The van der Waals surface area contributed by atoms with Gasteiger partial charge in [-0.15, -0.1) is 12.4 Å². The highest BCUT2D eigenvalue weighted by molar-refractivity contribution is 5.96. The van der Waals surface area contributed by atoms with Gasteiger partial charge < -0.3 is 16.0 Å². The molecule has 21 heavy (non-hydrogen) atoms. The number of nitrogens with zero attached hydrogens (tertiary/aromatic N) is 1. The fourth-order valence-corrected chi connectivity index (χ4v) is 2.52. The molecule has 0 aliphatic carbocycles. The molecule has 3 N–H and O–H groups in total. The lowest BCUT2D eigenvalue weighted by Crippen LogP contribution is -2.50. The molecule has 1 atom stereocenters. The van der Waals surface area contributed by atoms with Crippen molar-refractivity contribution < 1.29 is 9.59 Å². The maximum absolute atomic E-state index is 12.2. The number of likely N-dealkylation sites (tertiary alicyclic amines) is 1. The van der Waals surface area contributed by atoms with Gasteiger partial charge in [0.15, 0.2) is 0 Å². The molecule has 1 aromatic rings. The second-order valence-electron chi connectivity index (χ2n) is 5.02. The number of carbonyl (C=O) groups is 2. The third-order valence-corrected chi connectivity index (χ3v) is 3.66. The molecule has 1 aliphatic rings. The van der Waals surface area contributed by atoms with Crippen molar-refractivity contribution in [1.29, 1.82) is 0 Å². The molecule has 0 saturated carbocycles. The zero-order valence-electron chi connectivity index (χ0n) is 12.0. The molecule has 5 nitrogen and oxygen atoms in total. The minimum absolute atomic E-state index is 0. The summed E-state index contributed by atoms with van der Waals surface area (Å²) in [5.41, 5.74) is 6.26. The molecule has 2 rings (SSSR count). The highest BCUT2D eigenvalue weighted by Crippen LogP contribution is 2.15. The molecule has 6 heteroatoms. The van der Waals surface area contributed by atoms with Gasteiger partial charge in [-0.1, -0.05) is 18.2 Å². The second-order valence-corrected chi connectivity index (χ2v) is 5.02. The third kappa shape index (κ3) is 4.72. The normalized spacial score (nSPS) is 17.8. The first-order valence-electron chi connectivity index (χ1n) is 7.05. The summed E-state index contributed by atoms with van der Waals surface area (Å²) in [6, 6.07) is 9.01. The molecule has 2 amide bonds. The van der Waals surface area contributed by atoms with Crippen LogP contribution in [0.1, 0.15) is 29.6 Å². The fraction of sp³-hybridized carbons (Fsp3) is 0.467. The van der Waals surface area contributed by atoms with E-state index < -0.39 is 0 Å². The van der Waals surface area contributed by atoms with Crippen LogP contribution in [0.25, 0.3) is 0 Å². The Morgan fingerprint density at radius 1 is 1.24 bits per heavy atom. The van der Waals surface area contributed by atoms with Crippen molar-refractivity contribution in [2.75, 3.05) is 19.6 Å². The first kappa shape index (κ1) is 17.5. The van der Waals surface area contributed by atoms with Gasteiger partial charge in [0.05, 0.1) is 6.54 Å². The molecule has 0 bridgehead atoms. The summed E-state index contributed by atoms with van der Waals surface area (Å²) >= 11 is 0. The summed E-state index contributed by atoms with van der Waals surface area (Å²) in [5.74, 6) is -0.273. The van der Waals surface area contributed by atoms with Crippen LogP contribution in [-0.4, -0.2) is 42.4 Å². The van der Waals surface area contributed by atoms with Gasteiger partial charge in [-0.25, -0.2) is 0 Å². The Bertz CT molecular complexity index is 467. The molecule has 1 fully saturated rings. The van der Waals surface area contributed by atoms with E-state index in [1.54, 1.807) is 29.2 Å². The van der Waals surface area contributed by atoms with E-state index in [1.807, 2.05) is 6.07 Å². The lowest BCUT2D eigenvalue weighted by atomic mass is 10.0. The number of hydrogen-bond acceptors (Lipinski definition) is 3. The maximum Gasteiger partial charge on any atom is 0.251 e. The summed E-state index contributed by atoms with van der Waals surface area (Å²) in [4.78, 5) is 25.8. The summed E-state index contributed by atoms with van der Waals surface area (Å²) in [7, 11) is 0. The maximum atomic E-state index is 12.2. The van der Waals surface area contributed by atoms with Crippen LogP contribution in [0.4, 0.5) is 0 Å². The van der Waals surface area contributed by atoms with Crippen molar-refractivity contribution >= 4 is 24.2 Å². The number of nitrogens with one attached hydrogen (secondary N) is 1. The average Bonchev–Trinajstić information content (AvgIpc) is 2.53. The first-order valence-corrected chi connectivity index (χ1v) is 7.05. The SMILES string of the molecule is Cl.NCC1CCCCN1C(=O)CNC(=O)c1ccccc1. The number of hydrogen-bond donors (Lipinski definition) is 2. The summed E-state index contributed by atoms with van der Waals surface area (Å²) in [6.07, 6.45) is 3.08. The predicted molar refractivity (Wildman–Crippen MR) is 84.4 cm³/mol. The Kier molecular flexibility index (Phi) is 7.19. The van der Waals surface area contributed by atoms with Gasteiger partial charge in [0, 0.05) is 24.7 Å². The van der Waals surface area contributed by atoms with Crippen molar-refractivity contribution in [3.63, 3.8) is 0 Å². The Morgan fingerprint density at radius 2 is 1.95 bits per heavy atom. The monoisotopic (exact) mass is 311 g/mol. The molecule has 0 aromatic heterocycles. The molecule has 1 aromatic carbocycles. The van der Waals surface area contributed by atoms with Crippen LogP contribution in [0.15, 0.2) is 30.3 Å². The van der Waals surface area contributed by atoms with Crippen LogP contribution in [0.2, 0.25) is 0 Å². The molecule has 1 saturated heterocycles. The lowest BCUT2D eigenvalue weighted by molar-refractivity contribution is -0.133. The van der Waals surface area contributed by atoms with Crippen LogP contribution in [0, 0.1) is 0 Å². The Hall–Kier alpha value is -1.59. The molecule has 0 radical (unpaired) electrons. The van der Waals surface area contributed by atoms with E-state index in [0.29, 0.717) is 12.1 Å². The van der Waals surface area contributed by atoms with E-state index in [-0.39, 0.29) is 36.8 Å². The first-order chi connectivity index (χ1) is 9.72. The van der Waals surface area contributed by atoms with Gasteiger partial charge in [-0.05, 0) is 31.4 Å². The van der Waals surface area contributed by atoms with Crippen LogP contribution in [0.3, 0.4) is 0 Å². The van der Waals surface area contributed by atoms with Gasteiger partial charge in [-0.2, -0.15) is 0 Å². The molecule has 1 unspecified atom stereocenters. The number of nitrogens with two attached hydrogens (primary N) is 1. The van der Waals surface area contributed by atoms with Gasteiger partial charge in [0.25, 0.3) is 5.91 Å². The minimum atomic E-state index is -0.222. The molecular weight excluding hydrogens is 290 g/mol. The fourth-order valence-electron chi connectivity index (χ4n) is 2.52. The molecule has 0 spiro atoms. The van der Waals surface area contributed by atoms with E-state index in [4.69, 9.17) is 5.73 Å². The van der Waals surface area contributed by atoms with Crippen molar-refractivity contribution in [2.24, 2.45) is 5.73 Å². The number of halogens is 1. The van der Waals surface area contributed by atoms with E-state index in [0.717, 1.165) is 25.8 Å². The number of amides is 2. The number of benzene rings is 1. The summed E-state index contributed by atoms with van der Waals surface area (Å²) in [5, 5.41) is 2.67. The van der Waals surface area contributed by atoms with Gasteiger partial charge in [0.1, 0.15) is 0 Å². The van der Waals surface area contributed by atoms with Crippen molar-refractivity contribution in [1.82, 2.24) is 10.2 Å². The summed E-state index contributed by atoms with van der Waals surface area (Å²) < 4.78 is 0. The number of carbonyl (C=O) groups excluding carboxylic acids is 2.